The minimum atomic E-state index is -0.982. The molecule has 0 aliphatic carbocycles. The molecule has 1 amide bonds. The highest BCUT2D eigenvalue weighted by Crippen LogP contribution is 2.10. The maximum absolute atomic E-state index is 12.6. The first-order valence-corrected chi connectivity index (χ1v) is 9.03. The summed E-state index contributed by atoms with van der Waals surface area (Å²) in [4.78, 5) is 14.7. The molecule has 1 fully saturated rings. The molecule has 26 heavy (non-hydrogen) atoms. The summed E-state index contributed by atoms with van der Waals surface area (Å²) in [5, 5.41) is 13.5. The van der Waals surface area contributed by atoms with Crippen molar-refractivity contribution in [3.8, 4) is 0 Å². The maximum Gasteiger partial charge on any atom is 0.268 e. The van der Waals surface area contributed by atoms with Crippen LogP contribution in [0.15, 0.2) is 48.7 Å². The van der Waals surface area contributed by atoms with Gasteiger partial charge < -0.3 is 19.7 Å². The number of amides is 1. The van der Waals surface area contributed by atoms with Crippen LogP contribution in [0.1, 0.15) is 23.0 Å². The molecular weight excluding hydrogens is 330 g/mol. The van der Waals surface area contributed by atoms with Crippen LogP contribution in [0.4, 0.5) is 0 Å². The number of nitrogens with one attached hydrogen (secondary N) is 1. The summed E-state index contributed by atoms with van der Waals surface area (Å²) in [7, 11) is 0. The molecule has 6 heteroatoms. The second-order valence-electron chi connectivity index (χ2n) is 7.08. The predicted octanol–water partition coefficient (Wildman–Crippen LogP) is 1.35. The Kier molecular flexibility index (Phi) is 6.08. The second kappa shape index (κ2) is 8.49. The third-order valence-electron chi connectivity index (χ3n) is 4.56. The summed E-state index contributed by atoms with van der Waals surface area (Å²) in [5.41, 5.74) is 0.747. The first-order valence-electron chi connectivity index (χ1n) is 9.03. The van der Waals surface area contributed by atoms with Crippen molar-refractivity contribution >= 4 is 5.91 Å². The zero-order valence-electron chi connectivity index (χ0n) is 15.2. The molecular formula is C20H27N3O3. The van der Waals surface area contributed by atoms with Gasteiger partial charge in [0.1, 0.15) is 5.69 Å². The molecule has 2 N–H and O–H groups in total. The lowest BCUT2D eigenvalue weighted by atomic mass is 10.1. The van der Waals surface area contributed by atoms with Gasteiger partial charge in [-0.3, -0.25) is 9.69 Å². The van der Waals surface area contributed by atoms with Crippen molar-refractivity contribution in [1.29, 1.82) is 0 Å². The largest absolute Gasteiger partial charge is 0.387 e. The van der Waals surface area contributed by atoms with Crippen LogP contribution in [0, 0.1) is 0 Å². The van der Waals surface area contributed by atoms with E-state index in [4.69, 9.17) is 4.74 Å². The molecule has 1 aliphatic rings. The highest BCUT2D eigenvalue weighted by Gasteiger charge is 2.26. The standard InChI is InChI=1S/C20H27N3O3/c1-20(25,16-22-10-12-26-13-11-22)15-21-19(24)18-8-5-9-23(18)14-17-6-3-2-4-7-17/h2-9,25H,10-16H2,1H3,(H,21,24)/t20-/m1/s1. The summed E-state index contributed by atoms with van der Waals surface area (Å²) in [6.45, 7) is 6.12. The number of benzene rings is 1. The van der Waals surface area contributed by atoms with Crippen LogP contribution < -0.4 is 5.32 Å². The minimum absolute atomic E-state index is 0.173. The topological polar surface area (TPSA) is 66.7 Å². The fourth-order valence-corrected chi connectivity index (χ4v) is 3.20. The van der Waals surface area contributed by atoms with E-state index in [-0.39, 0.29) is 12.5 Å². The first-order chi connectivity index (χ1) is 12.5. The number of hydrogen-bond acceptors (Lipinski definition) is 4. The quantitative estimate of drug-likeness (QED) is 0.785. The van der Waals surface area contributed by atoms with Crippen LogP contribution in [0.3, 0.4) is 0 Å². The van der Waals surface area contributed by atoms with E-state index in [1.807, 2.05) is 47.2 Å². The monoisotopic (exact) mass is 357 g/mol. The van der Waals surface area contributed by atoms with Gasteiger partial charge in [-0.1, -0.05) is 30.3 Å². The number of carbonyl (C=O) groups is 1. The summed E-state index contributed by atoms with van der Waals surface area (Å²) in [6.07, 6.45) is 1.90. The summed E-state index contributed by atoms with van der Waals surface area (Å²) >= 11 is 0. The lowest BCUT2D eigenvalue weighted by Crippen LogP contribution is -2.51. The van der Waals surface area contributed by atoms with Crippen LogP contribution >= 0.6 is 0 Å². The molecule has 0 bridgehead atoms. The highest BCUT2D eigenvalue weighted by molar-refractivity contribution is 5.92. The van der Waals surface area contributed by atoms with Crippen LogP contribution in [0.2, 0.25) is 0 Å². The Morgan fingerprint density at radius 2 is 1.92 bits per heavy atom. The highest BCUT2D eigenvalue weighted by atomic mass is 16.5. The molecule has 1 saturated heterocycles. The average Bonchev–Trinajstić information content (AvgIpc) is 3.09. The molecule has 0 spiro atoms. The van der Waals surface area contributed by atoms with E-state index in [0.717, 1.165) is 18.7 Å². The summed E-state index contributed by atoms with van der Waals surface area (Å²) in [5.74, 6) is -0.173. The van der Waals surface area contributed by atoms with Gasteiger partial charge in [-0.05, 0) is 24.6 Å². The third-order valence-corrected chi connectivity index (χ3v) is 4.56. The molecule has 0 unspecified atom stereocenters. The van der Waals surface area contributed by atoms with Crippen molar-refractivity contribution in [3.63, 3.8) is 0 Å². The van der Waals surface area contributed by atoms with Crippen molar-refractivity contribution in [3.05, 3.63) is 59.9 Å². The second-order valence-corrected chi connectivity index (χ2v) is 7.08. The molecule has 2 heterocycles. The Labute approximate surface area is 154 Å². The van der Waals surface area contributed by atoms with E-state index >= 15 is 0 Å². The number of aliphatic hydroxyl groups is 1. The molecule has 1 aromatic carbocycles. The summed E-state index contributed by atoms with van der Waals surface area (Å²) < 4.78 is 7.25. The zero-order chi connectivity index (χ0) is 18.4. The van der Waals surface area contributed by atoms with Crippen LogP contribution in [-0.2, 0) is 11.3 Å². The van der Waals surface area contributed by atoms with Gasteiger partial charge in [-0.2, -0.15) is 0 Å². The molecule has 1 aromatic heterocycles. The summed E-state index contributed by atoms with van der Waals surface area (Å²) in [6, 6.07) is 13.7. The number of morpholine rings is 1. The van der Waals surface area contributed by atoms with Gasteiger partial charge in [0.25, 0.3) is 5.91 Å². The number of β-amino-alcohol motifs (C(OH)–C–C–N with tert-alkyl or cyclic N) is 1. The number of aromatic nitrogens is 1. The molecule has 3 rings (SSSR count). The predicted molar refractivity (Wildman–Crippen MR) is 100 cm³/mol. The Balaban J connectivity index is 1.55. The lowest BCUT2D eigenvalue weighted by molar-refractivity contribution is -0.0213. The third kappa shape index (κ3) is 5.17. The Morgan fingerprint density at radius 3 is 2.65 bits per heavy atom. The van der Waals surface area contributed by atoms with E-state index in [0.29, 0.717) is 32.0 Å². The van der Waals surface area contributed by atoms with Crippen molar-refractivity contribution in [2.45, 2.75) is 19.1 Å². The van der Waals surface area contributed by atoms with Crippen molar-refractivity contribution in [2.75, 3.05) is 39.4 Å². The SMILES string of the molecule is C[C@@](O)(CNC(=O)c1cccn1Cc1ccccc1)CN1CCOCC1. The lowest BCUT2D eigenvalue weighted by Gasteiger charge is -2.33. The fraction of sp³-hybridized carbons (Fsp3) is 0.450. The molecule has 140 valence electrons. The van der Waals surface area contributed by atoms with Gasteiger partial charge in [0.05, 0.1) is 18.8 Å². The van der Waals surface area contributed by atoms with Gasteiger partial charge in [0, 0.05) is 38.9 Å². The van der Waals surface area contributed by atoms with Gasteiger partial charge >= 0.3 is 0 Å². The van der Waals surface area contributed by atoms with E-state index in [2.05, 4.69) is 10.2 Å². The van der Waals surface area contributed by atoms with E-state index in [9.17, 15) is 9.90 Å². The van der Waals surface area contributed by atoms with E-state index in [1.165, 1.54) is 0 Å². The minimum Gasteiger partial charge on any atom is -0.387 e. The maximum atomic E-state index is 12.6. The molecule has 0 radical (unpaired) electrons. The van der Waals surface area contributed by atoms with Crippen molar-refractivity contribution in [1.82, 2.24) is 14.8 Å². The van der Waals surface area contributed by atoms with Gasteiger partial charge in [-0.15, -0.1) is 0 Å². The number of hydrogen-bond donors (Lipinski definition) is 2. The van der Waals surface area contributed by atoms with Gasteiger partial charge in [0.15, 0.2) is 0 Å². The van der Waals surface area contributed by atoms with Crippen LogP contribution in [0.25, 0.3) is 0 Å². The molecule has 2 aromatic rings. The molecule has 6 nitrogen and oxygen atoms in total. The first kappa shape index (κ1) is 18.6. The Hall–Kier alpha value is -2.15. The number of carbonyl (C=O) groups excluding carboxylic acids is 1. The Morgan fingerprint density at radius 1 is 1.19 bits per heavy atom. The number of nitrogens with zero attached hydrogens (tertiary/aromatic N) is 2. The zero-order valence-corrected chi connectivity index (χ0v) is 15.2. The van der Waals surface area contributed by atoms with Gasteiger partial charge in [-0.25, -0.2) is 0 Å². The van der Waals surface area contributed by atoms with Crippen LogP contribution in [-0.4, -0.2) is 65.5 Å². The number of rotatable bonds is 7. The van der Waals surface area contributed by atoms with E-state index in [1.54, 1.807) is 13.0 Å². The van der Waals surface area contributed by atoms with Crippen molar-refractivity contribution < 1.29 is 14.6 Å². The Bertz CT molecular complexity index is 706. The fourth-order valence-electron chi connectivity index (χ4n) is 3.20. The molecule has 1 atom stereocenters. The molecule has 1 aliphatic heterocycles. The van der Waals surface area contributed by atoms with E-state index < -0.39 is 5.60 Å². The van der Waals surface area contributed by atoms with Gasteiger partial charge in [0.2, 0.25) is 0 Å². The normalized spacial score (nSPS) is 17.6. The molecule has 0 saturated carbocycles. The average molecular weight is 357 g/mol. The smallest absolute Gasteiger partial charge is 0.268 e. The van der Waals surface area contributed by atoms with Crippen molar-refractivity contribution in [2.24, 2.45) is 0 Å². The number of ether oxygens (including phenoxy) is 1. The van der Waals surface area contributed by atoms with Crippen LogP contribution in [0.5, 0.6) is 0 Å².